The third kappa shape index (κ3) is 4.69. The van der Waals surface area contributed by atoms with Crippen molar-refractivity contribution in [3.8, 4) is 11.5 Å². The molecule has 1 saturated heterocycles. The van der Waals surface area contributed by atoms with Crippen LogP contribution in [0.1, 0.15) is 12.5 Å². The third-order valence-corrected chi connectivity index (χ3v) is 3.33. The molecule has 2 aromatic rings. The number of carbonyl (C=O) groups is 1. The van der Waals surface area contributed by atoms with Crippen molar-refractivity contribution in [2.45, 2.75) is 13.0 Å². The third-order valence-electron chi connectivity index (χ3n) is 3.33. The van der Waals surface area contributed by atoms with Gasteiger partial charge in [-0.05, 0) is 35.9 Å². The van der Waals surface area contributed by atoms with E-state index in [1.807, 2.05) is 42.5 Å². The molecule has 0 amide bonds. The number of ketones is 1. The molecule has 1 aliphatic heterocycles. The van der Waals surface area contributed by atoms with E-state index in [2.05, 4.69) is 0 Å². The van der Waals surface area contributed by atoms with Gasteiger partial charge in [0, 0.05) is 6.92 Å². The predicted octanol–water partition coefficient (Wildman–Crippen LogP) is 3.47. The van der Waals surface area contributed by atoms with Crippen LogP contribution in [0.5, 0.6) is 11.5 Å². The first-order chi connectivity index (χ1) is 11.2. The monoisotopic (exact) mass is 310 g/mol. The lowest BCUT2D eigenvalue weighted by molar-refractivity contribution is -0.115. The highest BCUT2D eigenvalue weighted by molar-refractivity contribution is 5.96. The summed E-state index contributed by atoms with van der Waals surface area (Å²) in [6, 6.07) is 16.8. The lowest BCUT2D eigenvalue weighted by Gasteiger charge is -2.09. The first kappa shape index (κ1) is 15.3. The van der Waals surface area contributed by atoms with Gasteiger partial charge in [-0.1, -0.05) is 30.3 Å². The van der Waals surface area contributed by atoms with E-state index >= 15 is 0 Å². The Labute approximate surface area is 135 Å². The Morgan fingerprint density at radius 3 is 2.39 bits per heavy atom. The minimum atomic E-state index is -0.125. The Balaban J connectivity index is 1.67. The molecule has 1 heterocycles. The smallest absolute Gasteiger partial charge is 0.194 e. The van der Waals surface area contributed by atoms with Gasteiger partial charge in [0.1, 0.15) is 24.2 Å². The number of allylic oxidation sites excluding steroid dienone is 1. The van der Waals surface area contributed by atoms with E-state index < -0.39 is 0 Å². The summed E-state index contributed by atoms with van der Waals surface area (Å²) >= 11 is 0. The molecule has 4 nitrogen and oxygen atoms in total. The number of Topliss-reactive ketones (excluding diaryl/α,β-unsaturated/α-hetero) is 1. The Hall–Kier alpha value is -2.59. The van der Waals surface area contributed by atoms with Gasteiger partial charge in [0.2, 0.25) is 0 Å². The van der Waals surface area contributed by atoms with Crippen LogP contribution in [0, 0.1) is 0 Å². The zero-order valence-corrected chi connectivity index (χ0v) is 12.9. The fourth-order valence-electron chi connectivity index (χ4n) is 1.99. The minimum absolute atomic E-state index is 0.125. The summed E-state index contributed by atoms with van der Waals surface area (Å²) in [4.78, 5) is 11.8. The van der Waals surface area contributed by atoms with Crippen LogP contribution in [0.3, 0.4) is 0 Å². The Bertz CT molecular complexity index is 685. The molecule has 1 unspecified atom stereocenters. The van der Waals surface area contributed by atoms with Crippen LogP contribution >= 0.6 is 0 Å². The van der Waals surface area contributed by atoms with E-state index in [0.29, 0.717) is 18.1 Å². The number of rotatable bonds is 7. The standard InChI is InChI=1S/C19H18O4/c1-14(20)19(11-15-5-3-2-4-6-15)23-17-9-7-16(8-10-17)21-12-18-13-22-18/h2-11,18H,12-13H2,1H3. The van der Waals surface area contributed by atoms with Crippen LogP contribution in [0.25, 0.3) is 6.08 Å². The van der Waals surface area contributed by atoms with Gasteiger partial charge in [-0.2, -0.15) is 0 Å². The van der Waals surface area contributed by atoms with Crippen LogP contribution in [0.15, 0.2) is 60.4 Å². The topological polar surface area (TPSA) is 48.1 Å². The van der Waals surface area contributed by atoms with E-state index in [0.717, 1.165) is 17.9 Å². The van der Waals surface area contributed by atoms with Crippen LogP contribution in [0.2, 0.25) is 0 Å². The number of epoxide rings is 1. The van der Waals surface area contributed by atoms with E-state index in [1.54, 1.807) is 18.2 Å². The van der Waals surface area contributed by atoms with Crippen LogP contribution in [0.4, 0.5) is 0 Å². The Morgan fingerprint density at radius 2 is 1.78 bits per heavy atom. The van der Waals surface area contributed by atoms with Gasteiger partial charge < -0.3 is 14.2 Å². The molecule has 1 fully saturated rings. The van der Waals surface area contributed by atoms with Crippen molar-refractivity contribution < 1.29 is 19.0 Å². The summed E-state index contributed by atoms with van der Waals surface area (Å²) in [6.45, 7) is 2.82. The predicted molar refractivity (Wildman–Crippen MR) is 87.4 cm³/mol. The van der Waals surface area contributed by atoms with Crippen molar-refractivity contribution in [1.82, 2.24) is 0 Å². The highest BCUT2D eigenvalue weighted by Gasteiger charge is 2.22. The van der Waals surface area contributed by atoms with Gasteiger partial charge in [0.15, 0.2) is 11.5 Å². The lowest BCUT2D eigenvalue weighted by Crippen LogP contribution is -2.05. The number of hydrogen-bond donors (Lipinski definition) is 0. The van der Waals surface area contributed by atoms with Crippen molar-refractivity contribution in [2.24, 2.45) is 0 Å². The van der Waals surface area contributed by atoms with Crippen LogP contribution in [-0.4, -0.2) is 25.1 Å². The highest BCUT2D eigenvalue weighted by atomic mass is 16.6. The highest BCUT2D eigenvalue weighted by Crippen LogP contribution is 2.22. The molecule has 118 valence electrons. The molecule has 0 N–H and O–H groups in total. The van der Waals surface area contributed by atoms with Crippen molar-refractivity contribution in [1.29, 1.82) is 0 Å². The summed E-state index contributed by atoms with van der Waals surface area (Å²) in [5.74, 6) is 1.53. The lowest BCUT2D eigenvalue weighted by atomic mass is 10.2. The molecule has 1 atom stereocenters. The first-order valence-corrected chi connectivity index (χ1v) is 7.51. The molecule has 0 radical (unpaired) electrons. The maximum Gasteiger partial charge on any atom is 0.194 e. The number of ether oxygens (including phenoxy) is 3. The van der Waals surface area contributed by atoms with Gasteiger partial charge >= 0.3 is 0 Å². The molecule has 1 aliphatic rings. The number of benzene rings is 2. The minimum Gasteiger partial charge on any atom is -0.491 e. The maximum absolute atomic E-state index is 11.8. The van der Waals surface area contributed by atoms with E-state index in [-0.39, 0.29) is 11.9 Å². The molecule has 23 heavy (non-hydrogen) atoms. The molecule has 0 aromatic heterocycles. The first-order valence-electron chi connectivity index (χ1n) is 7.51. The molecule has 0 saturated carbocycles. The van der Waals surface area contributed by atoms with E-state index in [9.17, 15) is 4.79 Å². The molecule has 0 aliphatic carbocycles. The summed E-state index contributed by atoms with van der Waals surface area (Å²) in [6.07, 6.45) is 1.96. The number of hydrogen-bond acceptors (Lipinski definition) is 4. The second kappa shape index (κ2) is 7.11. The van der Waals surface area contributed by atoms with Gasteiger partial charge in [-0.3, -0.25) is 4.79 Å². The summed E-state index contributed by atoms with van der Waals surface area (Å²) in [5, 5.41) is 0. The second-order valence-electron chi connectivity index (χ2n) is 5.32. The van der Waals surface area contributed by atoms with Crippen molar-refractivity contribution in [3.05, 3.63) is 65.9 Å². The van der Waals surface area contributed by atoms with E-state index in [4.69, 9.17) is 14.2 Å². The summed E-state index contributed by atoms with van der Waals surface area (Å²) in [5.41, 5.74) is 0.919. The fraction of sp³-hybridized carbons (Fsp3) is 0.211. The van der Waals surface area contributed by atoms with Gasteiger partial charge in [0.25, 0.3) is 0 Å². The average Bonchev–Trinajstić information content (AvgIpc) is 3.39. The summed E-state index contributed by atoms with van der Waals surface area (Å²) < 4.78 is 16.4. The molecular formula is C19H18O4. The van der Waals surface area contributed by atoms with Crippen LogP contribution in [-0.2, 0) is 9.53 Å². The molecule has 3 rings (SSSR count). The normalized spacial score (nSPS) is 16.7. The largest absolute Gasteiger partial charge is 0.491 e. The zero-order chi connectivity index (χ0) is 16.1. The average molecular weight is 310 g/mol. The fourth-order valence-corrected chi connectivity index (χ4v) is 1.99. The van der Waals surface area contributed by atoms with Gasteiger partial charge in [-0.15, -0.1) is 0 Å². The molecular weight excluding hydrogens is 292 g/mol. The molecule has 0 spiro atoms. The van der Waals surface area contributed by atoms with Gasteiger partial charge in [-0.25, -0.2) is 0 Å². The Morgan fingerprint density at radius 1 is 1.13 bits per heavy atom. The summed E-state index contributed by atoms with van der Waals surface area (Å²) in [7, 11) is 0. The Kier molecular flexibility index (Phi) is 4.74. The number of carbonyl (C=O) groups excluding carboxylic acids is 1. The molecule has 2 aromatic carbocycles. The quantitative estimate of drug-likeness (QED) is 0.446. The molecule has 4 heteroatoms. The van der Waals surface area contributed by atoms with Crippen molar-refractivity contribution in [2.75, 3.05) is 13.2 Å². The van der Waals surface area contributed by atoms with E-state index in [1.165, 1.54) is 6.92 Å². The second-order valence-corrected chi connectivity index (χ2v) is 5.32. The maximum atomic E-state index is 11.8. The molecule has 0 bridgehead atoms. The van der Waals surface area contributed by atoms with Crippen molar-refractivity contribution >= 4 is 11.9 Å². The zero-order valence-electron chi connectivity index (χ0n) is 12.9. The SMILES string of the molecule is CC(=O)C(=Cc1ccccc1)Oc1ccc(OCC2CO2)cc1. The van der Waals surface area contributed by atoms with Gasteiger partial charge in [0.05, 0.1) is 6.61 Å². The van der Waals surface area contributed by atoms with Crippen LogP contribution < -0.4 is 9.47 Å². The van der Waals surface area contributed by atoms with Crippen molar-refractivity contribution in [3.63, 3.8) is 0 Å².